The van der Waals surface area contributed by atoms with Crippen molar-refractivity contribution in [1.29, 1.82) is 0 Å². The Morgan fingerprint density at radius 3 is 2.32 bits per heavy atom. The molecule has 1 N–H and O–H groups in total. The first-order valence-corrected chi connectivity index (χ1v) is 14.7. The molecule has 2 aromatic carbocycles. The molecule has 0 bridgehead atoms. The van der Waals surface area contributed by atoms with E-state index in [2.05, 4.69) is 5.32 Å². The van der Waals surface area contributed by atoms with Gasteiger partial charge in [-0.15, -0.1) is 0 Å². The number of anilines is 1. The minimum atomic E-state index is -3.82. The van der Waals surface area contributed by atoms with Crippen LogP contribution >= 0.6 is 11.6 Å². The third-order valence-corrected chi connectivity index (χ3v) is 8.27. The van der Waals surface area contributed by atoms with Crippen LogP contribution < -0.4 is 14.4 Å². The molecule has 0 radical (unpaired) electrons. The number of nitrogens with zero attached hydrogens (tertiary/aromatic N) is 2. The molecular weight excluding hydrogens is 514 g/mol. The highest BCUT2D eigenvalue weighted by molar-refractivity contribution is 7.92. The highest BCUT2D eigenvalue weighted by Gasteiger charge is 2.33. The van der Waals surface area contributed by atoms with Crippen LogP contribution in [0.3, 0.4) is 0 Å². The van der Waals surface area contributed by atoms with Crippen molar-refractivity contribution in [1.82, 2.24) is 10.2 Å². The average Bonchev–Trinajstić information content (AvgIpc) is 3.36. The van der Waals surface area contributed by atoms with Gasteiger partial charge < -0.3 is 15.0 Å². The highest BCUT2D eigenvalue weighted by Crippen LogP contribution is 2.26. The molecule has 2 aromatic rings. The highest BCUT2D eigenvalue weighted by atomic mass is 35.5. The molecular formula is C27H36ClN3O5S. The predicted octanol–water partition coefficient (Wildman–Crippen LogP) is 4.29. The summed E-state index contributed by atoms with van der Waals surface area (Å²) in [5.41, 5.74) is 1.88. The summed E-state index contributed by atoms with van der Waals surface area (Å²) in [5.74, 6) is -0.0287. The van der Waals surface area contributed by atoms with E-state index in [1.54, 1.807) is 31.4 Å². The van der Waals surface area contributed by atoms with Crippen LogP contribution in [0.25, 0.3) is 0 Å². The van der Waals surface area contributed by atoms with Crippen molar-refractivity contribution in [2.45, 2.75) is 64.6 Å². The molecule has 37 heavy (non-hydrogen) atoms. The summed E-state index contributed by atoms with van der Waals surface area (Å²) in [6, 6.07) is 11.4. The number of methoxy groups -OCH3 is 1. The fourth-order valence-electron chi connectivity index (χ4n) is 4.57. The Balaban J connectivity index is 1.93. The molecule has 1 atom stereocenters. The molecule has 0 saturated heterocycles. The van der Waals surface area contributed by atoms with Gasteiger partial charge in [0.2, 0.25) is 21.8 Å². The van der Waals surface area contributed by atoms with Crippen LogP contribution in [0.5, 0.6) is 5.75 Å². The molecule has 1 saturated carbocycles. The van der Waals surface area contributed by atoms with Gasteiger partial charge in [0, 0.05) is 17.6 Å². The zero-order chi connectivity index (χ0) is 27.2. The van der Waals surface area contributed by atoms with Crippen molar-refractivity contribution in [3.63, 3.8) is 0 Å². The second kappa shape index (κ2) is 12.6. The third kappa shape index (κ3) is 7.61. The van der Waals surface area contributed by atoms with E-state index in [4.69, 9.17) is 16.3 Å². The maximum Gasteiger partial charge on any atom is 0.244 e. The van der Waals surface area contributed by atoms with E-state index < -0.39 is 28.5 Å². The lowest BCUT2D eigenvalue weighted by molar-refractivity contribution is -0.140. The number of rotatable bonds is 11. The number of benzene rings is 2. The number of carbonyl (C=O) groups excluding carboxylic acids is 2. The largest absolute Gasteiger partial charge is 0.497 e. The summed E-state index contributed by atoms with van der Waals surface area (Å²) >= 11 is 6.25. The molecule has 1 aliphatic carbocycles. The number of sulfonamides is 1. The van der Waals surface area contributed by atoms with Crippen molar-refractivity contribution in [3.8, 4) is 5.75 Å². The quantitative estimate of drug-likeness (QED) is 0.451. The van der Waals surface area contributed by atoms with Crippen molar-refractivity contribution in [2.75, 3.05) is 24.2 Å². The van der Waals surface area contributed by atoms with Gasteiger partial charge in [0.15, 0.2) is 0 Å². The minimum absolute atomic E-state index is 0.0988. The van der Waals surface area contributed by atoms with Crippen LogP contribution in [-0.4, -0.2) is 57.1 Å². The number of ether oxygens (including phenoxy) is 1. The zero-order valence-electron chi connectivity index (χ0n) is 21.9. The molecule has 202 valence electrons. The summed E-state index contributed by atoms with van der Waals surface area (Å²) < 4.78 is 31.7. The standard InChI is InChI=1S/C27H36ClN3O5S/c1-5-25(27(33)29-21-8-6-7-9-21)30(17-20-11-14-23(36-3)15-12-20)26(32)18-31(37(4,34)35)22-13-10-19(2)24(28)16-22/h10-16,21,25H,5-9,17-18H2,1-4H3,(H,29,33)/t25-/m0/s1. The Labute approximate surface area is 225 Å². The molecule has 0 aromatic heterocycles. The Hall–Kier alpha value is -2.78. The number of carbonyl (C=O) groups is 2. The molecule has 0 aliphatic heterocycles. The van der Waals surface area contributed by atoms with Crippen LogP contribution in [0.4, 0.5) is 5.69 Å². The number of halogens is 1. The Morgan fingerprint density at radius 2 is 1.78 bits per heavy atom. The maximum atomic E-state index is 13.8. The van der Waals surface area contributed by atoms with E-state index in [0.29, 0.717) is 22.9 Å². The number of hydrogen-bond acceptors (Lipinski definition) is 5. The second-order valence-electron chi connectivity index (χ2n) is 9.49. The average molecular weight is 550 g/mol. The summed E-state index contributed by atoms with van der Waals surface area (Å²) in [4.78, 5) is 28.6. The summed E-state index contributed by atoms with van der Waals surface area (Å²) in [5, 5.41) is 3.50. The Kier molecular flexibility index (Phi) is 9.84. The number of hydrogen-bond donors (Lipinski definition) is 1. The molecule has 0 spiro atoms. The van der Waals surface area contributed by atoms with Crippen molar-refractivity contribution in [3.05, 3.63) is 58.6 Å². The van der Waals surface area contributed by atoms with E-state index in [9.17, 15) is 18.0 Å². The van der Waals surface area contributed by atoms with Crippen LogP contribution in [0.2, 0.25) is 5.02 Å². The molecule has 0 heterocycles. The van der Waals surface area contributed by atoms with Crippen molar-refractivity contribution < 1.29 is 22.7 Å². The number of aryl methyl sites for hydroxylation is 1. The van der Waals surface area contributed by atoms with Gasteiger partial charge in [0.1, 0.15) is 18.3 Å². The first kappa shape index (κ1) is 28.8. The van der Waals surface area contributed by atoms with E-state index in [1.807, 2.05) is 26.0 Å². The molecule has 8 nitrogen and oxygen atoms in total. The van der Waals surface area contributed by atoms with Crippen LogP contribution in [0.1, 0.15) is 50.2 Å². The number of nitrogens with one attached hydrogen (secondary N) is 1. The number of amides is 2. The molecule has 1 fully saturated rings. The molecule has 1 aliphatic rings. The first-order chi connectivity index (χ1) is 17.5. The SMILES string of the molecule is CC[C@@H](C(=O)NC1CCCC1)N(Cc1ccc(OC)cc1)C(=O)CN(c1ccc(C)c(Cl)c1)S(C)(=O)=O. The van der Waals surface area contributed by atoms with Gasteiger partial charge in [-0.05, 0) is 61.6 Å². The molecule has 2 amide bonds. The van der Waals surface area contributed by atoms with Crippen LogP contribution in [-0.2, 0) is 26.2 Å². The molecule has 3 rings (SSSR count). The topological polar surface area (TPSA) is 96.0 Å². The lowest BCUT2D eigenvalue weighted by Crippen LogP contribution is -2.53. The first-order valence-electron chi connectivity index (χ1n) is 12.5. The van der Waals surface area contributed by atoms with Gasteiger partial charge in [0.05, 0.1) is 19.1 Å². The summed E-state index contributed by atoms with van der Waals surface area (Å²) in [6.07, 6.45) is 5.41. The smallest absolute Gasteiger partial charge is 0.244 e. The fraction of sp³-hybridized carbons (Fsp3) is 0.481. The van der Waals surface area contributed by atoms with E-state index in [1.165, 1.54) is 11.0 Å². The fourth-order valence-corrected chi connectivity index (χ4v) is 5.58. The zero-order valence-corrected chi connectivity index (χ0v) is 23.4. The predicted molar refractivity (Wildman–Crippen MR) is 146 cm³/mol. The Morgan fingerprint density at radius 1 is 1.14 bits per heavy atom. The van der Waals surface area contributed by atoms with Gasteiger partial charge in [0.25, 0.3) is 0 Å². The van der Waals surface area contributed by atoms with E-state index in [0.717, 1.165) is 47.4 Å². The third-order valence-electron chi connectivity index (χ3n) is 6.72. The lowest BCUT2D eigenvalue weighted by Gasteiger charge is -2.33. The summed E-state index contributed by atoms with van der Waals surface area (Å²) in [6.45, 7) is 3.35. The van der Waals surface area contributed by atoms with Crippen LogP contribution in [0.15, 0.2) is 42.5 Å². The Bertz CT molecular complexity index is 1200. The van der Waals surface area contributed by atoms with Gasteiger partial charge in [-0.3, -0.25) is 13.9 Å². The van der Waals surface area contributed by atoms with Gasteiger partial charge in [-0.2, -0.15) is 0 Å². The van der Waals surface area contributed by atoms with Gasteiger partial charge in [-0.1, -0.05) is 49.6 Å². The maximum absolute atomic E-state index is 13.8. The monoisotopic (exact) mass is 549 g/mol. The van der Waals surface area contributed by atoms with Crippen molar-refractivity contribution >= 4 is 39.1 Å². The second-order valence-corrected chi connectivity index (χ2v) is 11.8. The molecule has 0 unspecified atom stereocenters. The van der Waals surface area contributed by atoms with E-state index in [-0.39, 0.29) is 18.5 Å². The van der Waals surface area contributed by atoms with Crippen molar-refractivity contribution in [2.24, 2.45) is 0 Å². The van der Waals surface area contributed by atoms with E-state index >= 15 is 0 Å². The minimum Gasteiger partial charge on any atom is -0.497 e. The van der Waals surface area contributed by atoms with Gasteiger partial charge >= 0.3 is 0 Å². The van der Waals surface area contributed by atoms with Gasteiger partial charge in [-0.25, -0.2) is 8.42 Å². The lowest BCUT2D eigenvalue weighted by atomic mass is 10.1. The summed E-state index contributed by atoms with van der Waals surface area (Å²) in [7, 11) is -2.25. The normalized spacial score (nSPS) is 14.7. The molecule has 10 heteroatoms. The van der Waals surface area contributed by atoms with Crippen LogP contribution in [0, 0.1) is 6.92 Å².